The Bertz CT molecular complexity index is 3040. The van der Waals surface area contributed by atoms with Gasteiger partial charge in [-0.05, 0) is 127 Å². The Hall–Kier alpha value is -7.14. The van der Waals surface area contributed by atoms with Crippen LogP contribution in [0.1, 0.15) is 65.6 Å². The molecule has 0 amide bonds. The van der Waals surface area contributed by atoms with Gasteiger partial charge in [0.05, 0.1) is 11.1 Å². The molecule has 0 unspecified atom stereocenters. The zero-order chi connectivity index (χ0) is 39.3. The third-order valence-electron chi connectivity index (χ3n) is 13.6. The molecule has 8 aromatic rings. The second-order valence-corrected chi connectivity index (χ2v) is 16.9. The van der Waals surface area contributed by atoms with E-state index in [0.717, 1.165) is 29.7 Å². The maximum Gasteiger partial charge on any atom is 0.0725 e. The first-order valence-electron chi connectivity index (χ1n) is 20.9. The molecule has 0 heterocycles. The number of hydrogen-bond acceptors (Lipinski definition) is 1. The predicted molar refractivity (Wildman–Crippen MR) is 244 cm³/mol. The molecule has 0 radical (unpaired) electrons. The van der Waals surface area contributed by atoms with Crippen LogP contribution in [-0.2, 0) is 10.8 Å². The number of fused-ring (bicyclic) bond motifs is 13. The average molecular weight is 752 g/mol. The van der Waals surface area contributed by atoms with E-state index in [1.54, 1.807) is 0 Å². The van der Waals surface area contributed by atoms with Gasteiger partial charge < -0.3 is 4.90 Å². The molecule has 4 aliphatic carbocycles. The number of allylic oxidation sites excluding steroid dienone is 4. The molecule has 12 rings (SSSR count). The third kappa shape index (κ3) is 4.69. The first kappa shape index (κ1) is 33.9. The van der Waals surface area contributed by atoms with E-state index in [9.17, 15) is 0 Å². The maximum absolute atomic E-state index is 3.43. The van der Waals surface area contributed by atoms with Gasteiger partial charge in [-0.1, -0.05) is 178 Å². The van der Waals surface area contributed by atoms with Gasteiger partial charge in [0.2, 0.25) is 0 Å². The second kappa shape index (κ2) is 12.7. The number of para-hydroxylation sites is 1. The van der Waals surface area contributed by atoms with Gasteiger partial charge in [0.15, 0.2) is 0 Å². The van der Waals surface area contributed by atoms with Crippen LogP contribution in [0.15, 0.2) is 194 Å². The van der Waals surface area contributed by atoms with Gasteiger partial charge in [-0.3, -0.25) is 0 Å². The quantitative estimate of drug-likeness (QED) is 0.169. The molecule has 0 saturated heterocycles. The van der Waals surface area contributed by atoms with Crippen LogP contribution in [0, 0.1) is 12.1 Å². The van der Waals surface area contributed by atoms with Gasteiger partial charge >= 0.3 is 0 Å². The lowest BCUT2D eigenvalue weighted by Crippen LogP contribution is -2.25. The summed E-state index contributed by atoms with van der Waals surface area (Å²) in [7, 11) is 0. The van der Waals surface area contributed by atoms with Crippen molar-refractivity contribution in [3.05, 3.63) is 245 Å². The van der Waals surface area contributed by atoms with Crippen molar-refractivity contribution in [2.45, 2.75) is 37.5 Å². The van der Waals surface area contributed by atoms with E-state index in [1.807, 2.05) is 6.07 Å². The highest BCUT2D eigenvalue weighted by Gasteiger charge is 2.52. The van der Waals surface area contributed by atoms with Crippen LogP contribution in [0.25, 0.3) is 50.1 Å². The monoisotopic (exact) mass is 751 g/mol. The molecule has 0 aliphatic heterocycles. The van der Waals surface area contributed by atoms with Crippen molar-refractivity contribution in [2.75, 3.05) is 4.90 Å². The highest BCUT2D eigenvalue weighted by Crippen LogP contribution is 2.64. The van der Waals surface area contributed by atoms with Crippen molar-refractivity contribution in [1.82, 2.24) is 0 Å². The fourth-order valence-electron chi connectivity index (χ4n) is 11.1. The molecule has 59 heavy (non-hydrogen) atoms. The van der Waals surface area contributed by atoms with Gasteiger partial charge in [-0.2, -0.15) is 0 Å². The van der Waals surface area contributed by atoms with E-state index in [1.165, 1.54) is 89.3 Å². The second-order valence-electron chi connectivity index (χ2n) is 16.9. The van der Waals surface area contributed by atoms with Crippen molar-refractivity contribution in [3.8, 4) is 44.5 Å². The van der Waals surface area contributed by atoms with Gasteiger partial charge in [0.1, 0.15) is 0 Å². The van der Waals surface area contributed by atoms with Crippen LogP contribution < -0.4 is 4.90 Å². The largest absolute Gasteiger partial charge is 0.314 e. The van der Waals surface area contributed by atoms with Crippen LogP contribution in [0.4, 0.5) is 11.4 Å². The third-order valence-corrected chi connectivity index (χ3v) is 13.6. The van der Waals surface area contributed by atoms with E-state index >= 15 is 0 Å². The predicted octanol–water partition coefficient (Wildman–Crippen LogP) is 14.5. The first-order valence-corrected chi connectivity index (χ1v) is 20.9. The van der Waals surface area contributed by atoms with E-state index in [2.05, 4.69) is 213 Å². The number of rotatable bonds is 5. The topological polar surface area (TPSA) is 3.24 Å². The van der Waals surface area contributed by atoms with Gasteiger partial charge in [-0.15, -0.1) is 0 Å². The molecule has 4 aliphatic rings. The molecule has 0 bridgehead atoms. The molecule has 0 atom stereocenters. The van der Waals surface area contributed by atoms with Crippen molar-refractivity contribution in [3.63, 3.8) is 0 Å². The smallest absolute Gasteiger partial charge is 0.0725 e. The lowest BCUT2D eigenvalue weighted by molar-refractivity contribution is 0.660. The van der Waals surface area contributed by atoms with Gasteiger partial charge in [-0.25, -0.2) is 0 Å². The molecule has 0 N–H and O–H groups in total. The highest BCUT2D eigenvalue weighted by molar-refractivity contribution is 6.00. The maximum atomic E-state index is 3.43. The van der Waals surface area contributed by atoms with Crippen LogP contribution in [-0.4, -0.2) is 0 Å². The summed E-state index contributed by atoms with van der Waals surface area (Å²) in [6, 6.07) is 72.0. The first-order chi connectivity index (χ1) is 29.0. The molecule has 1 nitrogen and oxygen atoms in total. The van der Waals surface area contributed by atoms with E-state index in [-0.39, 0.29) is 10.8 Å². The van der Waals surface area contributed by atoms with Crippen molar-refractivity contribution in [2.24, 2.45) is 0 Å². The summed E-state index contributed by atoms with van der Waals surface area (Å²) in [5.41, 5.74) is 24.1. The Morgan fingerprint density at radius 1 is 0.492 bits per heavy atom. The minimum Gasteiger partial charge on any atom is -0.314 e. The molecule has 0 aromatic heterocycles. The zero-order valence-electron chi connectivity index (χ0n) is 33.3. The fraction of sp³-hybridized carbons (Fsp3) is 0.103. The van der Waals surface area contributed by atoms with E-state index in [4.69, 9.17) is 0 Å². The molecule has 0 saturated carbocycles. The van der Waals surface area contributed by atoms with Crippen LogP contribution >= 0.6 is 0 Å². The van der Waals surface area contributed by atoms with Crippen molar-refractivity contribution >= 4 is 16.9 Å². The Balaban J connectivity index is 1.06. The molecular formula is C58H41N. The summed E-state index contributed by atoms with van der Waals surface area (Å²) in [5.74, 6) is 0. The molecule has 8 aromatic carbocycles. The minimum absolute atomic E-state index is 0.118. The molecule has 1 heteroatoms. The average Bonchev–Trinajstić information content (AvgIpc) is 3.86. The normalized spacial score (nSPS) is 15.5. The molecular weight excluding hydrogens is 711 g/mol. The highest BCUT2D eigenvalue weighted by atomic mass is 15.2. The van der Waals surface area contributed by atoms with E-state index < -0.39 is 0 Å². The zero-order valence-corrected chi connectivity index (χ0v) is 33.3. The number of hydrogen-bond donors (Lipinski definition) is 0. The Morgan fingerprint density at radius 2 is 1.07 bits per heavy atom. The Morgan fingerprint density at radius 3 is 1.78 bits per heavy atom. The minimum atomic E-state index is -0.375. The number of anilines is 2. The van der Waals surface area contributed by atoms with Gasteiger partial charge in [0, 0.05) is 27.9 Å². The summed E-state index contributed by atoms with van der Waals surface area (Å²) in [4.78, 5) is 2.53. The van der Waals surface area contributed by atoms with Crippen LogP contribution in [0.5, 0.6) is 0 Å². The number of benzene rings is 7. The summed E-state index contributed by atoms with van der Waals surface area (Å²) >= 11 is 0. The number of nitrogens with zero attached hydrogens (tertiary/aromatic N) is 1. The lowest BCUT2D eigenvalue weighted by atomic mass is 9.70. The van der Waals surface area contributed by atoms with Crippen LogP contribution in [0.3, 0.4) is 0 Å². The summed E-state index contributed by atoms with van der Waals surface area (Å²) in [6.45, 7) is 4.74. The van der Waals surface area contributed by atoms with Gasteiger partial charge in [0.25, 0.3) is 0 Å². The SMILES string of the molecule is CC1(C)c2ccccc2-c2ccc(N(C3=CC(c4cccc5c4-c4ccccc4C54c5ccccc5-c5ccccc54)=CCC3)c3ccccc3-c3c#cccc3)cc21. The lowest BCUT2D eigenvalue weighted by Gasteiger charge is -2.33. The van der Waals surface area contributed by atoms with E-state index in [0.29, 0.717) is 0 Å². The van der Waals surface area contributed by atoms with Crippen molar-refractivity contribution in [1.29, 1.82) is 0 Å². The summed E-state index contributed by atoms with van der Waals surface area (Å²) < 4.78 is 0. The molecule has 1 spiro atoms. The summed E-state index contributed by atoms with van der Waals surface area (Å²) in [6.07, 6.45) is 6.80. The fourth-order valence-corrected chi connectivity index (χ4v) is 11.1. The van der Waals surface area contributed by atoms with Crippen LogP contribution in [0.2, 0.25) is 0 Å². The Kier molecular flexibility index (Phi) is 7.30. The Labute approximate surface area is 347 Å². The summed E-state index contributed by atoms with van der Waals surface area (Å²) in [5, 5.41) is 0. The van der Waals surface area contributed by atoms with Crippen molar-refractivity contribution < 1.29 is 0 Å². The standard InChI is InChI=1S/C58H41N/c1-57(2)49-28-11-6-23-44(49)47-35-34-41(37-54(47)57)59(55-33-15-10-22-42(55)38-18-4-3-5-19-38)40-21-16-20-39(36-40)43-27-17-32-53-56(43)48-26-9-14-31-52(48)58(53)50-29-12-7-24-45(50)46-25-8-13-30-51(46)58/h3-4,6-15,17-18,20,22-37H,16,21H2,1-2H3. The molecule has 0 fully saturated rings. The molecule has 278 valence electrons.